The standard InChI is InChI=1S/C18H12ClN7O4/c19-13-7-6-12(26(29)30)8-14(13)21-15(27)9-24-10-20-17-16(18(24)28)22-23-25(17)11-4-2-1-3-5-11/h1-8,10H,9H2,(H,21,27). The number of nitrogens with zero attached hydrogens (tertiary/aromatic N) is 6. The van der Waals surface area contributed by atoms with E-state index in [4.69, 9.17) is 11.6 Å². The summed E-state index contributed by atoms with van der Waals surface area (Å²) in [6.45, 7) is -0.390. The second-order valence-electron chi connectivity index (χ2n) is 6.16. The molecule has 2 aromatic heterocycles. The Balaban J connectivity index is 1.60. The molecule has 11 nitrogen and oxygen atoms in total. The summed E-state index contributed by atoms with van der Waals surface area (Å²) < 4.78 is 2.48. The van der Waals surface area contributed by atoms with E-state index < -0.39 is 16.4 Å². The summed E-state index contributed by atoms with van der Waals surface area (Å²) in [6, 6.07) is 12.7. The molecule has 1 amide bonds. The second-order valence-corrected chi connectivity index (χ2v) is 6.56. The van der Waals surface area contributed by atoms with Crippen LogP contribution < -0.4 is 10.9 Å². The van der Waals surface area contributed by atoms with E-state index in [9.17, 15) is 19.7 Å². The van der Waals surface area contributed by atoms with Crippen LogP contribution in [0.5, 0.6) is 0 Å². The van der Waals surface area contributed by atoms with Gasteiger partial charge in [0.25, 0.3) is 11.2 Å². The molecule has 0 aliphatic carbocycles. The van der Waals surface area contributed by atoms with Gasteiger partial charge in [0.15, 0.2) is 11.2 Å². The van der Waals surface area contributed by atoms with Crippen LogP contribution in [-0.2, 0) is 11.3 Å². The molecule has 1 N–H and O–H groups in total. The summed E-state index contributed by atoms with van der Waals surface area (Å²) in [7, 11) is 0. The van der Waals surface area contributed by atoms with E-state index in [0.29, 0.717) is 5.69 Å². The lowest BCUT2D eigenvalue weighted by Crippen LogP contribution is -2.28. The lowest BCUT2D eigenvalue weighted by molar-refractivity contribution is -0.384. The summed E-state index contributed by atoms with van der Waals surface area (Å²) >= 11 is 5.98. The summed E-state index contributed by atoms with van der Waals surface area (Å²) in [6.07, 6.45) is 1.21. The Kier molecular flexibility index (Phi) is 4.94. The number of carbonyl (C=O) groups excluding carboxylic acids is 1. The monoisotopic (exact) mass is 425 g/mol. The Labute approximate surface area is 172 Å². The van der Waals surface area contributed by atoms with Crippen LogP contribution in [0.3, 0.4) is 0 Å². The molecule has 0 atom stereocenters. The molecule has 0 aliphatic heterocycles. The van der Waals surface area contributed by atoms with Crippen molar-refractivity contribution in [2.24, 2.45) is 0 Å². The fourth-order valence-electron chi connectivity index (χ4n) is 2.77. The molecule has 2 aromatic carbocycles. The minimum absolute atomic E-state index is 0.00235. The molecular formula is C18H12ClN7O4. The first-order chi connectivity index (χ1) is 14.4. The van der Waals surface area contributed by atoms with Gasteiger partial charge >= 0.3 is 0 Å². The highest BCUT2D eigenvalue weighted by atomic mass is 35.5. The third-order valence-corrected chi connectivity index (χ3v) is 4.51. The van der Waals surface area contributed by atoms with Crippen molar-refractivity contribution in [1.29, 1.82) is 0 Å². The fourth-order valence-corrected chi connectivity index (χ4v) is 2.93. The first-order valence-corrected chi connectivity index (χ1v) is 8.92. The normalized spacial score (nSPS) is 10.8. The Morgan fingerprint density at radius 2 is 1.97 bits per heavy atom. The molecule has 150 valence electrons. The predicted molar refractivity (Wildman–Crippen MR) is 108 cm³/mol. The van der Waals surface area contributed by atoms with Crippen LogP contribution >= 0.6 is 11.6 Å². The van der Waals surface area contributed by atoms with Crippen LogP contribution in [0.4, 0.5) is 11.4 Å². The van der Waals surface area contributed by atoms with Crippen molar-refractivity contribution in [3.8, 4) is 5.69 Å². The Hall–Kier alpha value is -4.12. The average molecular weight is 426 g/mol. The van der Waals surface area contributed by atoms with E-state index in [0.717, 1.165) is 10.6 Å². The van der Waals surface area contributed by atoms with Crippen LogP contribution in [-0.4, -0.2) is 35.4 Å². The van der Waals surface area contributed by atoms with E-state index in [1.807, 2.05) is 18.2 Å². The molecule has 4 aromatic rings. The number of amides is 1. The number of para-hydroxylation sites is 1. The smallest absolute Gasteiger partial charge is 0.284 e. The lowest BCUT2D eigenvalue weighted by atomic mass is 10.2. The maximum absolute atomic E-state index is 12.7. The maximum Gasteiger partial charge on any atom is 0.284 e. The summed E-state index contributed by atoms with van der Waals surface area (Å²) in [5.41, 5.74) is 0.220. The molecular weight excluding hydrogens is 414 g/mol. The lowest BCUT2D eigenvalue weighted by Gasteiger charge is -2.08. The SMILES string of the molecule is O=C(Cn1cnc2c(nnn2-c2ccccc2)c1=O)Nc1cc([N+](=O)[O-])ccc1Cl. The first-order valence-electron chi connectivity index (χ1n) is 8.54. The van der Waals surface area contributed by atoms with Gasteiger partial charge in [-0.25, -0.2) is 4.98 Å². The van der Waals surface area contributed by atoms with Gasteiger partial charge in [0.2, 0.25) is 5.91 Å². The number of fused-ring (bicyclic) bond motifs is 1. The van der Waals surface area contributed by atoms with Crippen LogP contribution in [0.15, 0.2) is 59.7 Å². The largest absolute Gasteiger partial charge is 0.323 e. The first kappa shape index (κ1) is 19.2. The van der Waals surface area contributed by atoms with Gasteiger partial charge in [0, 0.05) is 12.1 Å². The Morgan fingerprint density at radius 3 is 2.70 bits per heavy atom. The molecule has 0 saturated carbocycles. The van der Waals surface area contributed by atoms with Gasteiger partial charge in [-0.15, -0.1) is 5.10 Å². The van der Waals surface area contributed by atoms with Gasteiger partial charge in [0.1, 0.15) is 12.9 Å². The average Bonchev–Trinajstić information content (AvgIpc) is 3.17. The fraction of sp³-hybridized carbons (Fsp3) is 0.0556. The highest BCUT2D eigenvalue weighted by molar-refractivity contribution is 6.33. The number of non-ortho nitro benzene ring substituents is 1. The van der Waals surface area contributed by atoms with Crippen molar-refractivity contribution >= 4 is 40.0 Å². The van der Waals surface area contributed by atoms with Crippen LogP contribution in [0.1, 0.15) is 0 Å². The molecule has 2 heterocycles. The van der Waals surface area contributed by atoms with Gasteiger partial charge < -0.3 is 5.32 Å². The zero-order chi connectivity index (χ0) is 21.3. The summed E-state index contributed by atoms with van der Waals surface area (Å²) in [5.74, 6) is -0.615. The third kappa shape index (κ3) is 3.61. The van der Waals surface area contributed by atoms with Crippen molar-refractivity contribution in [3.05, 3.63) is 80.3 Å². The molecule has 0 saturated heterocycles. The molecule has 0 aliphatic rings. The molecule has 0 spiro atoms. The summed E-state index contributed by atoms with van der Waals surface area (Å²) in [5, 5.41) is 21.3. The quantitative estimate of drug-likeness (QED) is 0.382. The van der Waals surface area contributed by atoms with Crippen molar-refractivity contribution < 1.29 is 9.72 Å². The zero-order valence-electron chi connectivity index (χ0n) is 15.1. The molecule has 12 heteroatoms. The van der Waals surface area contributed by atoms with E-state index in [2.05, 4.69) is 20.6 Å². The number of nitrogens with one attached hydrogen (secondary N) is 1. The molecule has 0 bridgehead atoms. The topological polar surface area (TPSA) is 138 Å². The van der Waals surface area contributed by atoms with E-state index >= 15 is 0 Å². The number of aromatic nitrogens is 5. The number of carbonyl (C=O) groups is 1. The van der Waals surface area contributed by atoms with Crippen LogP contribution in [0.25, 0.3) is 16.9 Å². The molecule has 4 rings (SSSR count). The van der Waals surface area contributed by atoms with E-state index in [-0.39, 0.29) is 34.1 Å². The zero-order valence-corrected chi connectivity index (χ0v) is 15.9. The van der Waals surface area contributed by atoms with Crippen molar-refractivity contribution in [3.63, 3.8) is 0 Å². The van der Waals surface area contributed by atoms with E-state index in [1.54, 1.807) is 12.1 Å². The van der Waals surface area contributed by atoms with Gasteiger partial charge in [-0.05, 0) is 18.2 Å². The van der Waals surface area contributed by atoms with Gasteiger partial charge in [0.05, 0.1) is 21.3 Å². The van der Waals surface area contributed by atoms with Gasteiger partial charge in [-0.1, -0.05) is 35.0 Å². The summed E-state index contributed by atoms with van der Waals surface area (Å²) in [4.78, 5) is 39.5. The van der Waals surface area contributed by atoms with Gasteiger partial charge in [-0.2, -0.15) is 4.68 Å². The molecule has 0 fully saturated rings. The van der Waals surface area contributed by atoms with Crippen LogP contribution in [0.2, 0.25) is 5.02 Å². The Morgan fingerprint density at radius 1 is 1.20 bits per heavy atom. The number of hydrogen-bond acceptors (Lipinski definition) is 7. The number of benzene rings is 2. The number of anilines is 1. The number of nitro benzene ring substituents is 1. The number of nitro groups is 1. The Bertz CT molecular complexity index is 1330. The molecule has 0 radical (unpaired) electrons. The number of rotatable bonds is 5. The maximum atomic E-state index is 12.7. The van der Waals surface area contributed by atoms with Crippen molar-refractivity contribution in [2.75, 3.05) is 5.32 Å². The highest BCUT2D eigenvalue weighted by Gasteiger charge is 2.16. The number of hydrogen-bond donors (Lipinski definition) is 1. The minimum Gasteiger partial charge on any atom is -0.323 e. The predicted octanol–water partition coefficient (Wildman–Crippen LogP) is 2.18. The molecule has 30 heavy (non-hydrogen) atoms. The van der Waals surface area contributed by atoms with Crippen molar-refractivity contribution in [2.45, 2.75) is 6.54 Å². The van der Waals surface area contributed by atoms with Crippen LogP contribution in [0, 0.1) is 10.1 Å². The van der Waals surface area contributed by atoms with Crippen molar-refractivity contribution in [1.82, 2.24) is 24.5 Å². The number of halogens is 1. The minimum atomic E-state index is -0.615. The van der Waals surface area contributed by atoms with E-state index in [1.165, 1.54) is 23.1 Å². The third-order valence-electron chi connectivity index (χ3n) is 4.18. The molecule has 0 unspecified atom stereocenters. The van der Waals surface area contributed by atoms with Gasteiger partial charge in [-0.3, -0.25) is 24.3 Å². The highest BCUT2D eigenvalue weighted by Crippen LogP contribution is 2.26. The second kappa shape index (κ2) is 7.72.